The van der Waals surface area contributed by atoms with Crippen molar-refractivity contribution in [1.82, 2.24) is 25.3 Å². The summed E-state index contributed by atoms with van der Waals surface area (Å²) in [4.78, 5) is 6.81. The van der Waals surface area contributed by atoms with Crippen molar-refractivity contribution in [2.45, 2.75) is 25.8 Å². The Morgan fingerprint density at radius 2 is 1.86 bits per heavy atom. The molecule has 0 spiro atoms. The fourth-order valence-corrected chi connectivity index (χ4v) is 3.25. The van der Waals surface area contributed by atoms with Gasteiger partial charge in [-0.1, -0.05) is 6.42 Å². The van der Waals surface area contributed by atoms with Crippen LogP contribution in [0.3, 0.4) is 0 Å². The highest BCUT2D eigenvalue weighted by Crippen LogP contribution is 2.14. The highest BCUT2D eigenvalue weighted by molar-refractivity contribution is 14.0. The highest BCUT2D eigenvalue weighted by Gasteiger charge is 2.09. The van der Waals surface area contributed by atoms with Crippen LogP contribution in [0.2, 0.25) is 0 Å². The number of likely N-dealkylation sites (tertiary alicyclic amines) is 1. The van der Waals surface area contributed by atoms with Crippen LogP contribution in [-0.4, -0.2) is 61.0 Å². The zero-order valence-electron chi connectivity index (χ0n) is 16.7. The van der Waals surface area contributed by atoms with E-state index in [1.165, 1.54) is 32.4 Å². The first-order valence-corrected chi connectivity index (χ1v) is 9.64. The summed E-state index contributed by atoms with van der Waals surface area (Å²) in [5, 5.41) is 11.3. The fourth-order valence-electron chi connectivity index (χ4n) is 3.25. The Kier molecular flexibility index (Phi) is 9.56. The van der Waals surface area contributed by atoms with E-state index in [9.17, 15) is 0 Å². The second-order valence-electron chi connectivity index (χ2n) is 6.70. The van der Waals surface area contributed by atoms with Gasteiger partial charge in [0, 0.05) is 26.3 Å². The lowest BCUT2D eigenvalue weighted by Crippen LogP contribution is -2.42. The predicted octanol–water partition coefficient (Wildman–Crippen LogP) is 2.65. The maximum Gasteiger partial charge on any atom is 0.191 e. The van der Waals surface area contributed by atoms with E-state index < -0.39 is 0 Å². The van der Waals surface area contributed by atoms with Gasteiger partial charge in [-0.05, 0) is 56.3 Å². The van der Waals surface area contributed by atoms with Crippen LogP contribution in [0.25, 0.3) is 5.69 Å². The summed E-state index contributed by atoms with van der Waals surface area (Å²) in [6, 6.07) is 9.86. The number of ether oxygens (including phenoxy) is 1. The summed E-state index contributed by atoms with van der Waals surface area (Å²) in [6.45, 7) is 5.03. The van der Waals surface area contributed by atoms with Crippen LogP contribution >= 0.6 is 24.0 Å². The van der Waals surface area contributed by atoms with Crippen LogP contribution in [0.4, 0.5) is 0 Å². The number of methoxy groups -OCH3 is 1. The van der Waals surface area contributed by atoms with Gasteiger partial charge >= 0.3 is 0 Å². The molecule has 0 atom stereocenters. The normalized spacial score (nSPS) is 15.0. The monoisotopic (exact) mass is 498 g/mol. The fraction of sp³-hybridized carbons (Fsp3) is 0.500. The van der Waals surface area contributed by atoms with Gasteiger partial charge in [-0.3, -0.25) is 4.99 Å². The molecule has 2 heterocycles. The van der Waals surface area contributed by atoms with Crippen molar-refractivity contribution in [3.05, 3.63) is 42.2 Å². The molecule has 0 bridgehead atoms. The van der Waals surface area contributed by atoms with Gasteiger partial charge in [0.1, 0.15) is 5.75 Å². The number of hydrogen-bond acceptors (Lipinski definition) is 4. The molecule has 0 saturated carbocycles. The van der Waals surface area contributed by atoms with E-state index in [2.05, 4.69) is 25.6 Å². The Labute approximate surface area is 184 Å². The minimum absolute atomic E-state index is 0. The number of halogens is 1. The predicted molar refractivity (Wildman–Crippen MR) is 124 cm³/mol. The molecule has 0 aliphatic carbocycles. The third-order valence-electron chi connectivity index (χ3n) is 4.81. The molecule has 0 amide bonds. The van der Waals surface area contributed by atoms with Crippen molar-refractivity contribution in [2.24, 2.45) is 4.99 Å². The molecule has 0 unspecified atom stereocenters. The van der Waals surface area contributed by atoms with Crippen LogP contribution in [0.1, 0.15) is 25.0 Å². The molecule has 7 nitrogen and oxygen atoms in total. The summed E-state index contributed by atoms with van der Waals surface area (Å²) in [6.07, 6.45) is 5.98. The van der Waals surface area contributed by atoms with Crippen molar-refractivity contribution in [3.8, 4) is 11.4 Å². The summed E-state index contributed by atoms with van der Waals surface area (Å²) >= 11 is 0. The Balaban J connectivity index is 0.00000280. The largest absolute Gasteiger partial charge is 0.497 e. The van der Waals surface area contributed by atoms with E-state index in [4.69, 9.17) is 4.74 Å². The zero-order chi connectivity index (χ0) is 18.9. The molecule has 154 valence electrons. The van der Waals surface area contributed by atoms with Crippen molar-refractivity contribution >= 4 is 29.9 Å². The molecule has 0 radical (unpaired) electrons. The average Bonchev–Trinajstić information content (AvgIpc) is 3.20. The molecule has 8 heteroatoms. The standard InChI is InChI=1S/C20H30N6O.HI/c1-21-20(22-11-15-25-12-4-3-5-13-25)23-16-17-10-14-26(24-17)18-6-8-19(27-2)9-7-18;/h6-10,14H,3-5,11-13,15-16H2,1-2H3,(H2,21,22,23);1H. The summed E-state index contributed by atoms with van der Waals surface area (Å²) in [7, 11) is 3.46. The molecule has 1 fully saturated rings. The summed E-state index contributed by atoms with van der Waals surface area (Å²) in [5.74, 6) is 1.65. The average molecular weight is 498 g/mol. The molecular formula is C20H31IN6O. The second kappa shape index (κ2) is 11.9. The van der Waals surface area contributed by atoms with Crippen molar-refractivity contribution in [2.75, 3.05) is 40.3 Å². The molecule has 1 aliphatic rings. The van der Waals surface area contributed by atoms with Crippen molar-refractivity contribution in [1.29, 1.82) is 0 Å². The first-order valence-electron chi connectivity index (χ1n) is 9.64. The third-order valence-corrected chi connectivity index (χ3v) is 4.81. The number of hydrogen-bond donors (Lipinski definition) is 2. The van der Waals surface area contributed by atoms with Crippen LogP contribution in [0.15, 0.2) is 41.5 Å². The van der Waals surface area contributed by atoms with Crippen LogP contribution in [0.5, 0.6) is 5.75 Å². The number of piperidine rings is 1. The molecule has 2 N–H and O–H groups in total. The summed E-state index contributed by atoms with van der Waals surface area (Å²) in [5.41, 5.74) is 1.97. The molecule has 28 heavy (non-hydrogen) atoms. The molecule has 1 aromatic heterocycles. The van der Waals surface area contributed by atoms with Gasteiger partial charge in [-0.25, -0.2) is 4.68 Å². The maximum absolute atomic E-state index is 5.20. The quantitative estimate of drug-likeness (QED) is 0.349. The third kappa shape index (κ3) is 6.66. The van der Waals surface area contributed by atoms with E-state index in [0.717, 1.165) is 36.2 Å². The second-order valence-corrected chi connectivity index (χ2v) is 6.70. The first-order chi connectivity index (χ1) is 13.3. The number of aliphatic imine (C=N–C) groups is 1. The SMILES string of the molecule is CN=C(NCCN1CCCCC1)NCc1ccn(-c2ccc(OC)cc2)n1.I. The molecular weight excluding hydrogens is 467 g/mol. The van der Waals surface area contributed by atoms with Gasteiger partial charge in [-0.2, -0.15) is 5.10 Å². The number of guanidine groups is 1. The van der Waals surface area contributed by atoms with Gasteiger partial charge in [0.15, 0.2) is 5.96 Å². The van der Waals surface area contributed by atoms with E-state index in [1.807, 2.05) is 41.2 Å². The van der Waals surface area contributed by atoms with Crippen molar-refractivity contribution < 1.29 is 4.74 Å². The number of nitrogens with one attached hydrogen (secondary N) is 2. The molecule has 1 aromatic carbocycles. The zero-order valence-corrected chi connectivity index (χ0v) is 19.1. The topological polar surface area (TPSA) is 66.7 Å². The van der Waals surface area contributed by atoms with Gasteiger partial charge in [0.05, 0.1) is 25.0 Å². The molecule has 2 aromatic rings. The lowest BCUT2D eigenvalue weighted by atomic mass is 10.1. The number of rotatable bonds is 7. The summed E-state index contributed by atoms with van der Waals surface area (Å²) < 4.78 is 7.06. The van der Waals surface area contributed by atoms with E-state index in [1.54, 1.807) is 14.2 Å². The Morgan fingerprint density at radius 1 is 1.11 bits per heavy atom. The Bertz CT molecular complexity index is 725. The smallest absolute Gasteiger partial charge is 0.191 e. The van der Waals surface area contributed by atoms with E-state index in [-0.39, 0.29) is 24.0 Å². The highest BCUT2D eigenvalue weighted by atomic mass is 127. The molecule has 3 rings (SSSR count). The molecule has 1 aliphatic heterocycles. The first kappa shape index (κ1) is 22.5. The van der Waals surface area contributed by atoms with Crippen LogP contribution < -0.4 is 15.4 Å². The lowest BCUT2D eigenvalue weighted by Gasteiger charge is -2.26. The van der Waals surface area contributed by atoms with E-state index >= 15 is 0 Å². The maximum atomic E-state index is 5.20. The van der Waals surface area contributed by atoms with E-state index in [0.29, 0.717) is 6.54 Å². The number of aromatic nitrogens is 2. The van der Waals surface area contributed by atoms with Gasteiger partial charge in [0.25, 0.3) is 0 Å². The Morgan fingerprint density at radius 3 is 2.54 bits per heavy atom. The van der Waals surface area contributed by atoms with Crippen LogP contribution in [0, 0.1) is 0 Å². The van der Waals surface area contributed by atoms with Gasteiger partial charge < -0.3 is 20.3 Å². The van der Waals surface area contributed by atoms with Crippen LogP contribution in [-0.2, 0) is 6.54 Å². The Hall–Kier alpha value is -1.81. The minimum Gasteiger partial charge on any atom is -0.497 e. The minimum atomic E-state index is 0. The number of benzene rings is 1. The molecule has 1 saturated heterocycles. The van der Waals surface area contributed by atoms with Gasteiger partial charge in [0.2, 0.25) is 0 Å². The lowest BCUT2D eigenvalue weighted by molar-refractivity contribution is 0.232. The van der Waals surface area contributed by atoms with Gasteiger partial charge in [-0.15, -0.1) is 24.0 Å². The van der Waals surface area contributed by atoms with Crippen molar-refractivity contribution in [3.63, 3.8) is 0 Å². The number of nitrogens with zero attached hydrogens (tertiary/aromatic N) is 4.